The van der Waals surface area contributed by atoms with E-state index in [1.54, 1.807) is 0 Å². The second kappa shape index (κ2) is 5.65. The van der Waals surface area contributed by atoms with Crippen LogP contribution in [-0.2, 0) is 6.54 Å². The number of aryl methyl sites for hydroxylation is 1. The molecule has 2 rings (SSSR count). The van der Waals surface area contributed by atoms with Crippen LogP contribution in [0.3, 0.4) is 0 Å². The molecular weight excluding hydrogens is 212 g/mol. The van der Waals surface area contributed by atoms with Gasteiger partial charge in [-0.15, -0.1) is 0 Å². The fourth-order valence-corrected chi connectivity index (χ4v) is 2.46. The first kappa shape index (κ1) is 12.6. The summed E-state index contributed by atoms with van der Waals surface area (Å²) in [6.45, 7) is 11.1. The van der Waals surface area contributed by atoms with Crippen molar-refractivity contribution in [2.75, 3.05) is 19.6 Å². The molecule has 1 aliphatic heterocycles. The maximum absolute atomic E-state index is 4.26. The number of nitrogens with one attached hydrogen (secondary N) is 1. The number of piperazine rings is 1. The molecule has 0 spiro atoms. The van der Waals surface area contributed by atoms with Gasteiger partial charge in [0.05, 0.1) is 0 Å². The number of rotatable bonds is 4. The van der Waals surface area contributed by atoms with Crippen LogP contribution in [0.4, 0.5) is 0 Å². The molecule has 1 aliphatic rings. The normalized spacial score (nSPS) is 26.3. The zero-order valence-electron chi connectivity index (χ0n) is 11.2. The Balaban J connectivity index is 1.87. The van der Waals surface area contributed by atoms with Crippen LogP contribution in [0.2, 0.25) is 0 Å². The van der Waals surface area contributed by atoms with E-state index in [-0.39, 0.29) is 0 Å². The molecular formula is C13H24N4. The van der Waals surface area contributed by atoms with E-state index in [0.717, 1.165) is 25.5 Å². The Hall–Kier alpha value is -0.870. The van der Waals surface area contributed by atoms with Gasteiger partial charge in [-0.1, -0.05) is 6.92 Å². The van der Waals surface area contributed by atoms with Gasteiger partial charge in [-0.25, -0.2) is 4.98 Å². The first-order chi connectivity index (χ1) is 8.20. The first-order valence-corrected chi connectivity index (χ1v) is 6.66. The minimum absolute atomic E-state index is 0.640. The molecule has 17 heavy (non-hydrogen) atoms. The quantitative estimate of drug-likeness (QED) is 0.854. The molecule has 2 heterocycles. The van der Waals surface area contributed by atoms with Crippen molar-refractivity contribution in [3.8, 4) is 0 Å². The first-order valence-electron chi connectivity index (χ1n) is 6.66. The largest absolute Gasteiger partial charge is 0.334 e. The lowest BCUT2D eigenvalue weighted by Crippen LogP contribution is -2.55. The SMILES string of the molecule is CCC1CN(CCn2ccnc2C)C(C)CN1. The summed E-state index contributed by atoms with van der Waals surface area (Å²) in [4.78, 5) is 6.85. The molecule has 1 aromatic heterocycles. The van der Waals surface area contributed by atoms with Crippen molar-refractivity contribution in [1.29, 1.82) is 0 Å². The summed E-state index contributed by atoms with van der Waals surface area (Å²) in [5, 5.41) is 3.59. The van der Waals surface area contributed by atoms with Gasteiger partial charge in [0.2, 0.25) is 0 Å². The minimum atomic E-state index is 0.640. The summed E-state index contributed by atoms with van der Waals surface area (Å²) in [7, 11) is 0. The Morgan fingerprint density at radius 1 is 1.47 bits per heavy atom. The van der Waals surface area contributed by atoms with E-state index < -0.39 is 0 Å². The molecule has 0 amide bonds. The Kier molecular flexibility index (Phi) is 4.18. The van der Waals surface area contributed by atoms with E-state index in [1.165, 1.54) is 13.0 Å². The van der Waals surface area contributed by atoms with Crippen LogP contribution in [0.25, 0.3) is 0 Å². The summed E-state index contributed by atoms with van der Waals surface area (Å²) in [5.41, 5.74) is 0. The molecule has 96 valence electrons. The highest BCUT2D eigenvalue weighted by atomic mass is 15.2. The number of hydrogen-bond acceptors (Lipinski definition) is 3. The van der Waals surface area contributed by atoms with Crippen molar-refractivity contribution in [3.05, 3.63) is 18.2 Å². The lowest BCUT2D eigenvalue weighted by molar-refractivity contribution is 0.134. The van der Waals surface area contributed by atoms with Crippen molar-refractivity contribution < 1.29 is 0 Å². The molecule has 1 saturated heterocycles. The highest BCUT2D eigenvalue weighted by Gasteiger charge is 2.23. The summed E-state index contributed by atoms with van der Waals surface area (Å²) in [5.74, 6) is 1.11. The van der Waals surface area contributed by atoms with Gasteiger partial charge in [0.1, 0.15) is 5.82 Å². The van der Waals surface area contributed by atoms with Crippen LogP contribution in [0, 0.1) is 6.92 Å². The summed E-state index contributed by atoms with van der Waals surface area (Å²) >= 11 is 0. The monoisotopic (exact) mass is 236 g/mol. The topological polar surface area (TPSA) is 33.1 Å². The standard InChI is InChI=1S/C13H24N4/c1-4-13-10-17(11(2)9-15-13)8-7-16-6-5-14-12(16)3/h5-6,11,13,15H,4,7-10H2,1-3H3. The molecule has 1 fully saturated rings. The molecule has 2 atom stereocenters. The second-order valence-electron chi connectivity index (χ2n) is 5.03. The average Bonchev–Trinajstić information content (AvgIpc) is 2.74. The maximum atomic E-state index is 4.26. The third-order valence-electron chi connectivity index (χ3n) is 3.82. The molecule has 1 N–H and O–H groups in total. The number of nitrogens with zero attached hydrogens (tertiary/aromatic N) is 3. The van der Waals surface area contributed by atoms with Crippen LogP contribution >= 0.6 is 0 Å². The van der Waals surface area contributed by atoms with Crippen LogP contribution in [0.5, 0.6) is 0 Å². The second-order valence-corrected chi connectivity index (χ2v) is 5.03. The van der Waals surface area contributed by atoms with Crippen LogP contribution in [0.15, 0.2) is 12.4 Å². The highest BCUT2D eigenvalue weighted by molar-refractivity contribution is 4.89. The molecule has 0 aliphatic carbocycles. The molecule has 0 saturated carbocycles. The Morgan fingerprint density at radius 3 is 2.94 bits per heavy atom. The van der Waals surface area contributed by atoms with Gasteiger partial charge in [0.15, 0.2) is 0 Å². The van der Waals surface area contributed by atoms with E-state index in [4.69, 9.17) is 0 Å². The van der Waals surface area contributed by atoms with Crippen LogP contribution < -0.4 is 5.32 Å². The Labute approximate surface area is 104 Å². The molecule has 0 bridgehead atoms. The van der Waals surface area contributed by atoms with Gasteiger partial charge >= 0.3 is 0 Å². The van der Waals surface area contributed by atoms with E-state index in [9.17, 15) is 0 Å². The van der Waals surface area contributed by atoms with Gasteiger partial charge in [-0.3, -0.25) is 4.90 Å². The van der Waals surface area contributed by atoms with Crippen molar-refractivity contribution in [2.24, 2.45) is 0 Å². The van der Waals surface area contributed by atoms with E-state index >= 15 is 0 Å². The Morgan fingerprint density at radius 2 is 2.29 bits per heavy atom. The van der Waals surface area contributed by atoms with Crippen molar-refractivity contribution in [2.45, 2.75) is 45.8 Å². The zero-order valence-corrected chi connectivity index (χ0v) is 11.2. The van der Waals surface area contributed by atoms with Crippen LogP contribution in [0.1, 0.15) is 26.1 Å². The molecule has 0 radical (unpaired) electrons. The summed E-state index contributed by atoms with van der Waals surface area (Å²) in [6.07, 6.45) is 5.16. The Bertz CT molecular complexity index is 347. The third-order valence-corrected chi connectivity index (χ3v) is 3.82. The van der Waals surface area contributed by atoms with Gasteiger partial charge < -0.3 is 9.88 Å². The zero-order chi connectivity index (χ0) is 12.3. The maximum Gasteiger partial charge on any atom is 0.105 e. The lowest BCUT2D eigenvalue weighted by Gasteiger charge is -2.38. The fraction of sp³-hybridized carbons (Fsp3) is 0.769. The number of aromatic nitrogens is 2. The predicted molar refractivity (Wildman–Crippen MR) is 70.1 cm³/mol. The van der Waals surface area contributed by atoms with Gasteiger partial charge in [-0.2, -0.15) is 0 Å². The van der Waals surface area contributed by atoms with Gasteiger partial charge in [-0.05, 0) is 20.3 Å². The highest BCUT2D eigenvalue weighted by Crippen LogP contribution is 2.09. The van der Waals surface area contributed by atoms with E-state index in [0.29, 0.717) is 12.1 Å². The minimum Gasteiger partial charge on any atom is -0.334 e. The van der Waals surface area contributed by atoms with Crippen molar-refractivity contribution >= 4 is 0 Å². The molecule has 0 aromatic carbocycles. The van der Waals surface area contributed by atoms with Crippen molar-refractivity contribution in [3.63, 3.8) is 0 Å². The smallest absolute Gasteiger partial charge is 0.105 e. The lowest BCUT2D eigenvalue weighted by atomic mass is 10.1. The summed E-state index contributed by atoms with van der Waals surface area (Å²) < 4.78 is 2.23. The molecule has 1 aromatic rings. The number of imidazole rings is 1. The van der Waals surface area contributed by atoms with Crippen LogP contribution in [-0.4, -0.2) is 46.2 Å². The van der Waals surface area contributed by atoms with E-state index in [2.05, 4.69) is 46.7 Å². The summed E-state index contributed by atoms with van der Waals surface area (Å²) in [6, 6.07) is 1.30. The molecule has 4 heteroatoms. The third kappa shape index (κ3) is 3.07. The molecule has 2 unspecified atom stereocenters. The van der Waals surface area contributed by atoms with Gasteiger partial charge in [0.25, 0.3) is 0 Å². The molecule has 4 nitrogen and oxygen atoms in total. The van der Waals surface area contributed by atoms with E-state index in [1.807, 2.05) is 6.20 Å². The number of hydrogen-bond donors (Lipinski definition) is 1. The fourth-order valence-electron chi connectivity index (χ4n) is 2.46. The predicted octanol–water partition coefficient (Wildman–Crippen LogP) is 1.26. The van der Waals surface area contributed by atoms with Crippen molar-refractivity contribution in [1.82, 2.24) is 19.8 Å². The average molecular weight is 236 g/mol. The van der Waals surface area contributed by atoms with Gasteiger partial charge in [0, 0.05) is 50.7 Å².